The van der Waals surface area contributed by atoms with Crippen molar-refractivity contribution in [1.82, 2.24) is 0 Å². The lowest BCUT2D eigenvalue weighted by Gasteiger charge is -2.43. The summed E-state index contributed by atoms with van der Waals surface area (Å²) < 4.78 is 50.0. The molecule has 0 amide bonds. The maximum Gasteiger partial charge on any atom is 0.328 e. The maximum atomic E-state index is 13.0. The van der Waals surface area contributed by atoms with Crippen LogP contribution in [0.15, 0.2) is 12.2 Å². The summed E-state index contributed by atoms with van der Waals surface area (Å²) in [5.74, 6) is -5.66. The van der Waals surface area contributed by atoms with Crippen molar-refractivity contribution < 1.29 is 27.5 Å². The van der Waals surface area contributed by atoms with Crippen molar-refractivity contribution in [2.45, 2.75) is 24.2 Å². The van der Waals surface area contributed by atoms with Crippen LogP contribution in [0.4, 0.5) is 17.6 Å². The van der Waals surface area contributed by atoms with Gasteiger partial charge in [-0.3, -0.25) is 0 Å². The molecule has 1 N–H and O–H groups in total. The number of carboxylic acid groups (broad SMARTS) is 1. The normalized spacial score (nSPS) is 37.4. The first-order valence-corrected chi connectivity index (χ1v) is 3.42. The molecule has 0 aromatic heterocycles. The van der Waals surface area contributed by atoms with Crippen LogP contribution in [-0.4, -0.2) is 28.8 Å². The Bertz CT molecular complexity index is 263. The highest BCUT2D eigenvalue weighted by Gasteiger charge is 2.69. The summed E-state index contributed by atoms with van der Waals surface area (Å²) in [6.07, 6.45) is -3.09. The fraction of sp³-hybridized carbons (Fsp3) is 0.571. The first-order valence-electron chi connectivity index (χ1n) is 3.42. The number of hydrogen-bond acceptors (Lipinski definition) is 1. The van der Waals surface area contributed by atoms with Gasteiger partial charge in [0, 0.05) is 12.5 Å². The van der Waals surface area contributed by atoms with Crippen LogP contribution in [0.3, 0.4) is 0 Å². The first-order chi connectivity index (χ1) is 5.79. The highest BCUT2D eigenvalue weighted by molar-refractivity contribution is 5.80. The zero-order chi connectivity index (χ0) is 10.3. The van der Waals surface area contributed by atoms with E-state index in [-0.39, 0.29) is 12.2 Å². The molecule has 1 rings (SSSR count). The second-order valence-corrected chi connectivity index (χ2v) is 2.83. The lowest BCUT2D eigenvalue weighted by molar-refractivity contribution is -0.237. The van der Waals surface area contributed by atoms with Crippen LogP contribution in [0, 0.1) is 0 Å². The Morgan fingerprint density at radius 3 is 2.31 bits per heavy atom. The van der Waals surface area contributed by atoms with Gasteiger partial charge in [-0.05, 0) is 6.08 Å². The Morgan fingerprint density at radius 2 is 2.00 bits per heavy atom. The van der Waals surface area contributed by atoms with E-state index < -0.39 is 30.2 Å². The molecule has 74 valence electrons. The first kappa shape index (κ1) is 10.0. The molecule has 1 aliphatic carbocycles. The van der Waals surface area contributed by atoms with Gasteiger partial charge in [-0.25, -0.2) is 13.6 Å². The largest absolute Gasteiger partial charge is 0.478 e. The van der Waals surface area contributed by atoms with Gasteiger partial charge in [-0.2, -0.15) is 8.78 Å². The Kier molecular flexibility index (Phi) is 2.09. The summed E-state index contributed by atoms with van der Waals surface area (Å²) in [6.45, 7) is 0. The van der Waals surface area contributed by atoms with E-state index in [9.17, 15) is 22.4 Å². The minimum atomic E-state index is -4.11. The molecule has 0 aromatic rings. The fourth-order valence-corrected chi connectivity index (χ4v) is 1.04. The second-order valence-electron chi connectivity index (χ2n) is 2.83. The maximum absolute atomic E-state index is 13.0. The van der Waals surface area contributed by atoms with Gasteiger partial charge in [-0.1, -0.05) is 0 Å². The van der Waals surface area contributed by atoms with E-state index in [0.29, 0.717) is 0 Å². The molecule has 2 unspecified atom stereocenters. The summed E-state index contributed by atoms with van der Waals surface area (Å²) in [6, 6.07) is 0. The Labute approximate surface area is 70.9 Å². The molecule has 0 heterocycles. The highest BCUT2D eigenvalue weighted by Crippen LogP contribution is 2.52. The summed E-state index contributed by atoms with van der Waals surface area (Å²) in [5.41, 5.74) is -3.15. The standard InChI is InChI=1S/C7H6F4O2/c8-4-3-6(9,7(4,10)11)2-1-5(12)13/h1-2,4H,3H2,(H,12,13). The Morgan fingerprint density at radius 1 is 1.46 bits per heavy atom. The zero-order valence-corrected chi connectivity index (χ0v) is 6.31. The smallest absolute Gasteiger partial charge is 0.328 e. The predicted octanol–water partition coefficient (Wildman–Crippen LogP) is 1.71. The molecular weight excluding hydrogens is 192 g/mol. The molecule has 0 aromatic carbocycles. The summed E-state index contributed by atoms with van der Waals surface area (Å²) >= 11 is 0. The molecule has 0 aliphatic heterocycles. The van der Waals surface area contributed by atoms with Crippen molar-refractivity contribution in [2.75, 3.05) is 0 Å². The van der Waals surface area contributed by atoms with Gasteiger partial charge in [0.25, 0.3) is 0 Å². The molecule has 1 saturated carbocycles. The molecule has 2 atom stereocenters. The van der Waals surface area contributed by atoms with E-state index >= 15 is 0 Å². The summed E-state index contributed by atoms with van der Waals surface area (Å²) in [4.78, 5) is 9.89. The average Bonchev–Trinajstić information content (AvgIpc) is 2.01. The van der Waals surface area contributed by atoms with Crippen molar-refractivity contribution >= 4 is 5.97 Å². The molecule has 0 spiro atoms. The lowest BCUT2D eigenvalue weighted by Crippen LogP contribution is -2.62. The van der Waals surface area contributed by atoms with Crippen LogP contribution in [0.25, 0.3) is 0 Å². The van der Waals surface area contributed by atoms with Crippen LogP contribution < -0.4 is 0 Å². The van der Waals surface area contributed by atoms with Gasteiger partial charge < -0.3 is 5.11 Å². The number of aliphatic carboxylic acids is 1. The van der Waals surface area contributed by atoms with Crippen molar-refractivity contribution in [3.05, 3.63) is 12.2 Å². The number of carboxylic acids is 1. The third-order valence-electron chi connectivity index (χ3n) is 1.91. The molecule has 13 heavy (non-hydrogen) atoms. The zero-order valence-electron chi connectivity index (χ0n) is 6.31. The quantitative estimate of drug-likeness (QED) is 0.541. The van der Waals surface area contributed by atoms with E-state index in [1.165, 1.54) is 0 Å². The third-order valence-corrected chi connectivity index (χ3v) is 1.91. The van der Waals surface area contributed by atoms with Crippen molar-refractivity contribution in [1.29, 1.82) is 0 Å². The summed E-state index contributed by atoms with van der Waals surface area (Å²) in [7, 11) is 0. The van der Waals surface area contributed by atoms with Crippen molar-refractivity contribution in [3.8, 4) is 0 Å². The molecule has 0 bridgehead atoms. The third kappa shape index (κ3) is 1.40. The number of carbonyl (C=O) groups is 1. The van der Waals surface area contributed by atoms with Crippen molar-refractivity contribution in [2.24, 2.45) is 0 Å². The number of alkyl halides is 4. The average molecular weight is 198 g/mol. The minimum Gasteiger partial charge on any atom is -0.478 e. The van der Waals surface area contributed by atoms with E-state index in [1.807, 2.05) is 0 Å². The number of hydrogen-bond donors (Lipinski definition) is 1. The van der Waals surface area contributed by atoms with Gasteiger partial charge in [0.2, 0.25) is 0 Å². The monoisotopic (exact) mass is 198 g/mol. The van der Waals surface area contributed by atoms with Crippen LogP contribution in [0.5, 0.6) is 0 Å². The minimum absolute atomic E-state index is 0.186. The van der Waals surface area contributed by atoms with Gasteiger partial charge in [0.15, 0.2) is 11.8 Å². The van der Waals surface area contributed by atoms with E-state index in [1.54, 1.807) is 0 Å². The van der Waals surface area contributed by atoms with Crippen LogP contribution in [-0.2, 0) is 4.79 Å². The van der Waals surface area contributed by atoms with Crippen LogP contribution >= 0.6 is 0 Å². The molecule has 0 saturated heterocycles. The van der Waals surface area contributed by atoms with Gasteiger partial charge in [-0.15, -0.1) is 0 Å². The Balaban J connectivity index is 2.76. The second kappa shape index (κ2) is 2.71. The van der Waals surface area contributed by atoms with Crippen molar-refractivity contribution in [3.63, 3.8) is 0 Å². The molecular formula is C7H6F4O2. The topological polar surface area (TPSA) is 37.3 Å². The number of rotatable bonds is 2. The van der Waals surface area contributed by atoms with Crippen LogP contribution in [0.1, 0.15) is 6.42 Å². The number of allylic oxidation sites excluding steroid dienone is 1. The lowest BCUT2D eigenvalue weighted by atomic mass is 9.75. The number of halogens is 4. The van der Waals surface area contributed by atoms with E-state index in [0.717, 1.165) is 0 Å². The van der Waals surface area contributed by atoms with E-state index in [2.05, 4.69) is 0 Å². The SMILES string of the molecule is O=C(O)C=CC1(F)CC(F)C1(F)F. The molecule has 1 aliphatic rings. The molecule has 6 heteroatoms. The molecule has 2 nitrogen and oxygen atoms in total. The molecule has 0 radical (unpaired) electrons. The van der Waals surface area contributed by atoms with Gasteiger partial charge >= 0.3 is 11.9 Å². The van der Waals surface area contributed by atoms with Gasteiger partial charge in [0.1, 0.15) is 0 Å². The predicted molar refractivity (Wildman–Crippen MR) is 35.1 cm³/mol. The molecule has 1 fully saturated rings. The highest BCUT2D eigenvalue weighted by atomic mass is 19.3. The fourth-order valence-electron chi connectivity index (χ4n) is 1.04. The van der Waals surface area contributed by atoms with E-state index in [4.69, 9.17) is 5.11 Å². The van der Waals surface area contributed by atoms with Gasteiger partial charge in [0.05, 0.1) is 0 Å². The summed E-state index contributed by atoms with van der Waals surface area (Å²) in [5, 5.41) is 8.04. The Hall–Kier alpha value is -1.07. The van der Waals surface area contributed by atoms with Crippen LogP contribution in [0.2, 0.25) is 0 Å².